The number of pyridine rings is 1. The average Bonchev–Trinajstić information content (AvgIpc) is 2.34. The van der Waals surface area contributed by atoms with Crippen LogP contribution in [-0.2, 0) is 11.3 Å². The summed E-state index contributed by atoms with van der Waals surface area (Å²) in [7, 11) is 1.61. The predicted molar refractivity (Wildman–Crippen MR) is 69.1 cm³/mol. The Morgan fingerprint density at radius 2 is 2.17 bits per heavy atom. The number of halogens is 2. The van der Waals surface area contributed by atoms with Crippen LogP contribution in [-0.4, -0.2) is 12.1 Å². The maximum Gasteiger partial charge on any atom is 0.255 e. The van der Waals surface area contributed by atoms with Gasteiger partial charge < -0.3 is 9.47 Å². The van der Waals surface area contributed by atoms with Gasteiger partial charge >= 0.3 is 0 Å². The highest BCUT2D eigenvalue weighted by Crippen LogP contribution is 2.24. The van der Waals surface area contributed by atoms with Crippen molar-refractivity contribution in [2.24, 2.45) is 0 Å². The van der Waals surface area contributed by atoms with Crippen LogP contribution < -0.4 is 4.74 Å². The first kappa shape index (κ1) is 13.0. The Kier molecular flexibility index (Phi) is 4.28. The fourth-order valence-corrected chi connectivity index (χ4v) is 1.76. The molecule has 1 aromatic heterocycles. The van der Waals surface area contributed by atoms with E-state index in [1.807, 2.05) is 12.1 Å². The quantitative estimate of drug-likeness (QED) is 0.857. The van der Waals surface area contributed by atoms with E-state index < -0.39 is 5.82 Å². The topological polar surface area (TPSA) is 31.4 Å². The van der Waals surface area contributed by atoms with Crippen molar-refractivity contribution in [2.45, 2.75) is 6.61 Å². The Labute approximate surface area is 113 Å². The van der Waals surface area contributed by atoms with Gasteiger partial charge in [0.25, 0.3) is 5.88 Å². The van der Waals surface area contributed by atoms with Crippen LogP contribution in [0.15, 0.2) is 41.0 Å². The molecule has 0 aliphatic rings. The van der Waals surface area contributed by atoms with Crippen LogP contribution >= 0.6 is 15.9 Å². The molecule has 0 bridgehead atoms. The maximum atomic E-state index is 13.5. The number of hydrogen-bond donors (Lipinski definition) is 0. The summed E-state index contributed by atoms with van der Waals surface area (Å²) < 4.78 is 24.5. The Morgan fingerprint density at radius 3 is 2.89 bits per heavy atom. The van der Waals surface area contributed by atoms with Gasteiger partial charge in [0.05, 0.1) is 6.61 Å². The number of nitrogens with zero attached hydrogens (tertiary/aromatic N) is 1. The van der Waals surface area contributed by atoms with Crippen LogP contribution in [0.25, 0.3) is 0 Å². The van der Waals surface area contributed by atoms with E-state index >= 15 is 0 Å². The fourth-order valence-electron chi connectivity index (χ4n) is 1.45. The van der Waals surface area contributed by atoms with E-state index in [0.29, 0.717) is 16.8 Å². The minimum atomic E-state index is -0.512. The van der Waals surface area contributed by atoms with E-state index in [-0.39, 0.29) is 5.88 Å². The molecule has 1 heterocycles. The molecule has 18 heavy (non-hydrogen) atoms. The van der Waals surface area contributed by atoms with Crippen molar-refractivity contribution < 1.29 is 13.9 Å². The van der Waals surface area contributed by atoms with Gasteiger partial charge in [0.1, 0.15) is 5.75 Å². The summed E-state index contributed by atoms with van der Waals surface area (Å²) in [6.07, 6.45) is 1.48. The molecule has 0 saturated carbocycles. The Hall–Kier alpha value is -1.46. The van der Waals surface area contributed by atoms with Crippen LogP contribution in [0.2, 0.25) is 0 Å². The van der Waals surface area contributed by atoms with Crippen molar-refractivity contribution in [3.05, 3.63) is 52.4 Å². The lowest BCUT2D eigenvalue weighted by Crippen LogP contribution is -1.93. The van der Waals surface area contributed by atoms with E-state index in [9.17, 15) is 4.39 Å². The van der Waals surface area contributed by atoms with Crippen LogP contribution in [0.3, 0.4) is 0 Å². The van der Waals surface area contributed by atoms with E-state index in [1.54, 1.807) is 19.2 Å². The standard InChI is InChI=1S/C13H11BrFNO2/c1-17-8-9-3-2-4-11(5-9)18-13-12(15)6-10(14)7-16-13/h2-7H,8H2,1H3. The molecule has 2 aromatic rings. The second kappa shape index (κ2) is 5.93. The lowest BCUT2D eigenvalue weighted by atomic mass is 10.2. The summed E-state index contributed by atoms with van der Waals surface area (Å²) in [6, 6.07) is 8.55. The number of rotatable bonds is 4. The van der Waals surface area contributed by atoms with E-state index in [4.69, 9.17) is 9.47 Å². The summed E-state index contributed by atoms with van der Waals surface area (Å²) in [5, 5.41) is 0. The molecule has 5 heteroatoms. The molecule has 0 aliphatic heterocycles. The summed E-state index contributed by atoms with van der Waals surface area (Å²) in [6.45, 7) is 0.480. The van der Waals surface area contributed by atoms with Gasteiger partial charge in [-0.25, -0.2) is 9.37 Å². The summed E-state index contributed by atoms with van der Waals surface area (Å²) in [4.78, 5) is 3.87. The number of aromatic nitrogens is 1. The number of benzene rings is 1. The third kappa shape index (κ3) is 3.27. The molecule has 2 rings (SSSR count). The van der Waals surface area contributed by atoms with Crippen LogP contribution in [0.5, 0.6) is 11.6 Å². The van der Waals surface area contributed by atoms with Crippen molar-refractivity contribution in [3.63, 3.8) is 0 Å². The van der Waals surface area contributed by atoms with Gasteiger partial charge in [0.15, 0.2) is 5.82 Å². The fraction of sp³-hybridized carbons (Fsp3) is 0.154. The normalized spacial score (nSPS) is 10.4. The highest BCUT2D eigenvalue weighted by molar-refractivity contribution is 9.10. The molecular weight excluding hydrogens is 301 g/mol. The molecule has 0 radical (unpaired) electrons. The van der Waals surface area contributed by atoms with Crippen molar-refractivity contribution in [1.82, 2.24) is 4.98 Å². The van der Waals surface area contributed by atoms with E-state index in [2.05, 4.69) is 20.9 Å². The summed E-state index contributed by atoms with van der Waals surface area (Å²) in [5.41, 5.74) is 0.951. The second-order valence-electron chi connectivity index (χ2n) is 3.62. The highest BCUT2D eigenvalue weighted by Gasteiger charge is 2.07. The monoisotopic (exact) mass is 311 g/mol. The smallest absolute Gasteiger partial charge is 0.255 e. The molecule has 0 atom stereocenters. The summed E-state index contributed by atoms with van der Waals surface area (Å²) in [5.74, 6) is -0.0347. The molecule has 1 aromatic carbocycles. The van der Waals surface area contributed by atoms with E-state index in [0.717, 1.165) is 5.56 Å². The highest BCUT2D eigenvalue weighted by atomic mass is 79.9. The Morgan fingerprint density at radius 1 is 1.33 bits per heavy atom. The van der Waals surface area contributed by atoms with Crippen LogP contribution in [0.1, 0.15) is 5.56 Å². The maximum absolute atomic E-state index is 13.5. The third-order valence-corrected chi connectivity index (χ3v) is 2.63. The van der Waals surface area contributed by atoms with Crippen LogP contribution in [0.4, 0.5) is 4.39 Å². The van der Waals surface area contributed by atoms with Gasteiger partial charge in [-0.05, 0) is 39.7 Å². The molecular formula is C13H11BrFNO2. The minimum Gasteiger partial charge on any atom is -0.436 e. The molecule has 3 nitrogen and oxygen atoms in total. The molecule has 0 N–H and O–H groups in total. The number of hydrogen-bond acceptors (Lipinski definition) is 3. The molecule has 94 valence electrons. The Balaban J connectivity index is 2.20. The zero-order valence-corrected chi connectivity index (χ0v) is 11.3. The van der Waals surface area contributed by atoms with Gasteiger partial charge in [0, 0.05) is 17.8 Å². The second-order valence-corrected chi connectivity index (χ2v) is 4.54. The van der Waals surface area contributed by atoms with Gasteiger partial charge in [-0.2, -0.15) is 0 Å². The molecule has 0 aliphatic carbocycles. The first-order valence-electron chi connectivity index (χ1n) is 5.26. The van der Waals surface area contributed by atoms with Crippen molar-refractivity contribution >= 4 is 15.9 Å². The number of ether oxygens (including phenoxy) is 2. The Bertz CT molecular complexity index is 548. The largest absolute Gasteiger partial charge is 0.436 e. The molecule has 0 saturated heterocycles. The lowest BCUT2D eigenvalue weighted by molar-refractivity contribution is 0.184. The first-order chi connectivity index (χ1) is 8.69. The van der Waals surface area contributed by atoms with Gasteiger partial charge in [-0.3, -0.25) is 0 Å². The van der Waals surface area contributed by atoms with Crippen molar-refractivity contribution in [2.75, 3.05) is 7.11 Å². The summed E-state index contributed by atoms with van der Waals surface area (Å²) >= 11 is 3.14. The average molecular weight is 312 g/mol. The first-order valence-corrected chi connectivity index (χ1v) is 6.05. The predicted octanol–water partition coefficient (Wildman–Crippen LogP) is 3.92. The van der Waals surface area contributed by atoms with E-state index in [1.165, 1.54) is 12.3 Å². The zero-order chi connectivity index (χ0) is 13.0. The number of methoxy groups -OCH3 is 1. The SMILES string of the molecule is COCc1cccc(Oc2ncc(Br)cc2F)c1. The van der Waals surface area contributed by atoms with Gasteiger partial charge in [-0.1, -0.05) is 12.1 Å². The van der Waals surface area contributed by atoms with Crippen molar-refractivity contribution in [1.29, 1.82) is 0 Å². The minimum absolute atomic E-state index is 0.0484. The van der Waals surface area contributed by atoms with Crippen LogP contribution in [0, 0.1) is 5.82 Å². The van der Waals surface area contributed by atoms with Gasteiger partial charge in [-0.15, -0.1) is 0 Å². The molecule has 0 unspecified atom stereocenters. The molecule has 0 fully saturated rings. The molecule has 0 spiro atoms. The lowest BCUT2D eigenvalue weighted by Gasteiger charge is -2.07. The van der Waals surface area contributed by atoms with Gasteiger partial charge in [0.2, 0.25) is 0 Å². The molecule has 0 amide bonds. The van der Waals surface area contributed by atoms with Crippen molar-refractivity contribution in [3.8, 4) is 11.6 Å². The third-order valence-electron chi connectivity index (χ3n) is 2.20. The zero-order valence-electron chi connectivity index (χ0n) is 9.69.